The van der Waals surface area contributed by atoms with E-state index in [0.717, 1.165) is 12.7 Å². The number of thiol groups is 1. The number of unbranched alkanes of at least 4 members (excludes halogenated alkanes) is 1. The highest BCUT2D eigenvalue weighted by Gasteiger charge is 1.98. The SMILES string of the molecule is CCCCC(S)CC=O. The normalized spacial score (nSPS) is 13.1. The first-order chi connectivity index (χ1) is 4.31. The summed E-state index contributed by atoms with van der Waals surface area (Å²) in [4.78, 5) is 9.93. The van der Waals surface area contributed by atoms with E-state index in [2.05, 4.69) is 19.6 Å². The Bertz CT molecular complexity index is 73.3. The van der Waals surface area contributed by atoms with Crippen LogP contribution >= 0.6 is 12.6 Å². The molecular formula is C7H14OS. The van der Waals surface area contributed by atoms with Crippen molar-refractivity contribution in [2.75, 3.05) is 0 Å². The molecule has 1 nitrogen and oxygen atoms in total. The highest BCUT2D eigenvalue weighted by molar-refractivity contribution is 7.81. The molecule has 0 saturated heterocycles. The summed E-state index contributed by atoms with van der Waals surface area (Å²) in [6, 6.07) is 0. The summed E-state index contributed by atoms with van der Waals surface area (Å²) in [6.45, 7) is 2.14. The van der Waals surface area contributed by atoms with Crippen molar-refractivity contribution < 1.29 is 4.79 Å². The standard InChI is InChI=1S/C7H14OS/c1-2-3-4-7(9)5-6-8/h6-7,9H,2-5H2,1H3. The minimum atomic E-state index is 0.294. The molecule has 0 bridgehead atoms. The van der Waals surface area contributed by atoms with Gasteiger partial charge in [-0.25, -0.2) is 0 Å². The van der Waals surface area contributed by atoms with Gasteiger partial charge in [0.25, 0.3) is 0 Å². The minimum absolute atomic E-state index is 0.294. The van der Waals surface area contributed by atoms with Gasteiger partial charge in [-0.05, 0) is 6.42 Å². The van der Waals surface area contributed by atoms with Gasteiger partial charge in [0.05, 0.1) is 0 Å². The van der Waals surface area contributed by atoms with E-state index in [-0.39, 0.29) is 0 Å². The second-order valence-corrected chi connectivity index (χ2v) is 2.93. The van der Waals surface area contributed by atoms with Crippen LogP contribution in [0.25, 0.3) is 0 Å². The third kappa shape index (κ3) is 5.90. The summed E-state index contributed by atoms with van der Waals surface area (Å²) >= 11 is 4.21. The summed E-state index contributed by atoms with van der Waals surface area (Å²) in [5.74, 6) is 0. The lowest BCUT2D eigenvalue weighted by Crippen LogP contribution is -1.98. The second kappa shape index (κ2) is 6.14. The van der Waals surface area contributed by atoms with Crippen molar-refractivity contribution in [3.05, 3.63) is 0 Å². The van der Waals surface area contributed by atoms with Crippen LogP contribution in [0.4, 0.5) is 0 Å². The molecule has 0 heterocycles. The predicted molar refractivity (Wildman–Crippen MR) is 43.0 cm³/mol. The maximum Gasteiger partial charge on any atom is 0.121 e. The summed E-state index contributed by atoms with van der Waals surface area (Å²) < 4.78 is 0. The largest absolute Gasteiger partial charge is 0.303 e. The van der Waals surface area contributed by atoms with Crippen LogP contribution in [0, 0.1) is 0 Å². The smallest absolute Gasteiger partial charge is 0.121 e. The molecule has 0 aliphatic heterocycles. The lowest BCUT2D eigenvalue weighted by atomic mass is 10.2. The zero-order chi connectivity index (χ0) is 7.11. The molecule has 0 aromatic carbocycles. The van der Waals surface area contributed by atoms with E-state index in [1.165, 1.54) is 12.8 Å². The molecule has 54 valence electrons. The van der Waals surface area contributed by atoms with Crippen LogP contribution in [0.15, 0.2) is 0 Å². The lowest BCUT2D eigenvalue weighted by Gasteiger charge is -2.02. The fourth-order valence-corrected chi connectivity index (χ4v) is 0.937. The van der Waals surface area contributed by atoms with Gasteiger partial charge < -0.3 is 4.79 Å². The topological polar surface area (TPSA) is 17.1 Å². The van der Waals surface area contributed by atoms with E-state index in [1.54, 1.807) is 0 Å². The van der Waals surface area contributed by atoms with Gasteiger partial charge in [0.1, 0.15) is 6.29 Å². The molecule has 0 aliphatic rings. The van der Waals surface area contributed by atoms with Crippen LogP contribution in [0.1, 0.15) is 32.6 Å². The first-order valence-electron chi connectivity index (χ1n) is 3.43. The molecule has 0 aliphatic carbocycles. The molecule has 1 atom stereocenters. The number of carbonyl (C=O) groups is 1. The van der Waals surface area contributed by atoms with Gasteiger partial charge in [0.15, 0.2) is 0 Å². The molecule has 9 heavy (non-hydrogen) atoms. The van der Waals surface area contributed by atoms with Crippen LogP contribution in [-0.4, -0.2) is 11.5 Å². The van der Waals surface area contributed by atoms with Crippen LogP contribution in [0.5, 0.6) is 0 Å². The summed E-state index contributed by atoms with van der Waals surface area (Å²) in [6.07, 6.45) is 4.98. The lowest BCUT2D eigenvalue weighted by molar-refractivity contribution is -0.107. The van der Waals surface area contributed by atoms with E-state index < -0.39 is 0 Å². The van der Waals surface area contributed by atoms with Gasteiger partial charge in [-0.1, -0.05) is 19.8 Å². The van der Waals surface area contributed by atoms with E-state index in [9.17, 15) is 4.79 Å². The van der Waals surface area contributed by atoms with Crippen molar-refractivity contribution >= 4 is 18.9 Å². The fourth-order valence-electron chi connectivity index (χ4n) is 0.669. The van der Waals surface area contributed by atoms with Crippen LogP contribution < -0.4 is 0 Å². The molecule has 0 fully saturated rings. The second-order valence-electron chi connectivity index (χ2n) is 2.20. The zero-order valence-corrected chi connectivity index (χ0v) is 6.73. The highest BCUT2D eigenvalue weighted by Crippen LogP contribution is 2.08. The maximum atomic E-state index is 9.93. The molecule has 0 aromatic heterocycles. The van der Waals surface area contributed by atoms with E-state index in [0.29, 0.717) is 11.7 Å². The number of hydrogen-bond acceptors (Lipinski definition) is 2. The minimum Gasteiger partial charge on any atom is -0.303 e. The van der Waals surface area contributed by atoms with Crippen molar-refractivity contribution in [3.63, 3.8) is 0 Å². The Balaban J connectivity index is 3.04. The predicted octanol–water partition coefficient (Wildman–Crippen LogP) is 2.06. The Morgan fingerprint density at radius 2 is 2.33 bits per heavy atom. The first-order valence-corrected chi connectivity index (χ1v) is 3.94. The quantitative estimate of drug-likeness (QED) is 0.464. The molecule has 0 N–H and O–H groups in total. The average Bonchev–Trinajstić information content (AvgIpc) is 1.85. The Kier molecular flexibility index (Phi) is 6.16. The van der Waals surface area contributed by atoms with E-state index in [1.807, 2.05) is 0 Å². The van der Waals surface area contributed by atoms with Gasteiger partial charge in [-0.15, -0.1) is 0 Å². The third-order valence-electron chi connectivity index (χ3n) is 1.26. The molecule has 0 spiro atoms. The molecule has 0 rings (SSSR count). The summed E-state index contributed by atoms with van der Waals surface area (Å²) in [5.41, 5.74) is 0. The van der Waals surface area contributed by atoms with E-state index in [4.69, 9.17) is 0 Å². The van der Waals surface area contributed by atoms with Crippen molar-refractivity contribution in [1.29, 1.82) is 0 Å². The van der Waals surface area contributed by atoms with Crippen LogP contribution in [0.3, 0.4) is 0 Å². The Morgan fingerprint density at radius 1 is 1.67 bits per heavy atom. The molecule has 0 saturated carbocycles. The first kappa shape index (κ1) is 9.02. The Morgan fingerprint density at radius 3 is 2.78 bits per heavy atom. The van der Waals surface area contributed by atoms with Crippen molar-refractivity contribution in [2.24, 2.45) is 0 Å². The monoisotopic (exact) mass is 146 g/mol. The number of rotatable bonds is 5. The van der Waals surface area contributed by atoms with Gasteiger partial charge in [0, 0.05) is 11.7 Å². The Hall–Kier alpha value is 0.0200. The molecule has 0 aromatic rings. The summed E-state index contributed by atoms with van der Waals surface area (Å²) in [5, 5.41) is 0.294. The van der Waals surface area contributed by atoms with Gasteiger partial charge >= 0.3 is 0 Å². The molecule has 0 amide bonds. The molecule has 2 heteroatoms. The fraction of sp³-hybridized carbons (Fsp3) is 0.857. The van der Waals surface area contributed by atoms with Gasteiger partial charge in [-0.2, -0.15) is 12.6 Å². The van der Waals surface area contributed by atoms with E-state index >= 15 is 0 Å². The zero-order valence-electron chi connectivity index (χ0n) is 5.84. The van der Waals surface area contributed by atoms with Crippen molar-refractivity contribution in [1.82, 2.24) is 0 Å². The summed E-state index contributed by atoms with van der Waals surface area (Å²) in [7, 11) is 0. The van der Waals surface area contributed by atoms with Gasteiger partial charge in [-0.3, -0.25) is 0 Å². The molecule has 1 unspecified atom stereocenters. The maximum absolute atomic E-state index is 9.93. The van der Waals surface area contributed by atoms with Crippen LogP contribution in [0.2, 0.25) is 0 Å². The van der Waals surface area contributed by atoms with Crippen molar-refractivity contribution in [3.8, 4) is 0 Å². The number of carbonyl (C=O) groups excluding carboxylic acids is 1. The van der Waals surface area contributed by atoms with Gasteiger partial charge in [0.2, 0.25) is 0 Å². The average molecular weight is 146 g/mol. The van der Waals surface area contributed by atoms with Crippen LogP contribution in [-0.2, 0) is 4.79 Å². The van der Waals surface area contributed by atoms with Crippen molar-refractivity contribution in [2.45, 2.75) is 37.9 Å². The Labute approximate surface area is 62.2 Å². The highest BCUT2D eigenvalue weighted by atomic mass is 32.1. The molecule has 0 radical (unpaired) electrons. The number of hydrogen-bond donors (Lipinski definition) is 1. The third-order valence-corrected chi connectivity index (χ3v) is 1.73. The number of aldehydes is 1. The molecular weight excluding hydrogens is 132 g/mol.